The molecule has 1 rings (SSSR count). The van der Waals surface area contributed by atoms with Crippen molar-refractivity contribution >= 4 is 21.6 Å². The predicted octanol–water partition coefficient (Wildman–Crippen LogP) is 2.22. The van der Waals surface area contributed by atoms with Crippen molar-refractivity contribution in [3.8, 4) is 0 Å². The van der Waals surface area contributed by atoms with E-state index in [0.29, 0.717) is 17.9 Å². The van der Waals surface area contributed by atoms with Gasteiger partial charge in [-0.25, -0.2) is 17.1 Å². The molecule has 0 aromatic heterocycles. The van der Waals surface area contributed by atoms with Gasteiger partial charge in [0.25, 0.3) is 0 Å². The fourth-order valence-electron chi connectivity index (χ4n) is 1.36. The Labute approximate surface area is 106 Å². The third-order valence-corrected chi connectivity index (χ3v) is 4.51. The minimum absolute atomic E-state index is 0.0124. The lowest BCUT2D eigenvalue weighted by molar-refractivity contribution is 0.456. The fourth-order valence-corrected chi connectivity index (χ4v) is 2.81. The van der Waals surface area contributed by atoms with Gasteiger partial charge in [0.15, 0.2) is 0 Å². The molecule has 0 saturated carbocycles. The molecule has 0 aliphatic heterocycles. The van der Waals surface area contributed by atoms with E-state index in [0.717, 1.165) is 4.31 Å². The standard InChI is InChI=1S/C11H15ClFNO2S/c1-14(17(15,16)8-4-7-12)9-10-5-2-3-6-11(10)13/h2-3,5-6H,4,7-9H2,1H3. The monoisotopic (exact) mass is 279 g/mol. The van der Waals surface area contributed by atoms with Gasteiger partial charge in [0, 0.05) is 25.0 Å². The van der Waals surface area contributed by atoms with Crippen LogP contribution in [0.1, 0.15) is 12.0 Å². The number of alkyl halides is 1. The number of hydrogen-bond acceptors (Lipinski definition) is 2. The van der Waals surface area contributed by atoms with Gasteiger partial charge < -0.3 is 0 Å². The summed E-state index contributed by atoms with van der Waals surface area (Å²) in [5.74, 6) is -0.110. The van der Waals surface area contributed by atoms with E-state index in [2.05, 4.69) is 0 Å². The molecule has 3 nitrogen and oxygen atoms in total. The molecule has 96 valence electrons. The number of nitrogens with zero attached hydrogens (tertiary/aromatic N) is 1. The quantitative estimate of drug-likeness (QED) is 0.749. The van der Waals surface area contributed by atoms with Crippen LogP contribution in [0.5, 0.6) is 0 Å². The molecule has 0 radical (unpaired) electrons. The topological polar surface area (TPSA) is 37.4 Å². The summed E-state index contributed by atoms with van der Waals surface area (Å²) in [7, 11) is -1.91. The second-order valence-electron chi connectivity index (χ2n) is 3.71. The zero-order valence-corrected chi connectivity index (χ0v) is 11.1. The molecule has 0 aliphatic rings. The summed E-state index contributed by atoms with van der Waals surface area (Å²) in [6.07, 6.45) is 0.394. The van der Waals surface area contributed by atoms with Crippen LogP contribution in [0, 0.1) is 5.82 Å². The lowest BCUT2D eigenvalue weighted by Gasteiger charge is -2.17. The summed E-state index contributed by atoms with van der Waals surface area (Å²) >= 11 is 5.45. The molecule has 0 fully saturated rings. The van der Waals surface area contributed by atoms with Crippen LogP contribution in [-0.2, 0) is 16.6 Å². The van der Waals surface area contributed by atoms with Gasteiger partial charge in [0.05, 0.1) is 5.75 Å². The highest BCUT2D eigenvalue weighted by Gasteiger charge is 2.18. The second-order valence-corrected chi connectivity index (χ2v) is 6.28. The normalized spacial score (nSPS) is 12.0. The van der Waals surface area contributed by atoms with Gasteiger partial charge in [-0.2, -0.15) is 0 Å². The van der Waals surface area contributed by atoms with Crippen LogP contribution in [0.15, 0.2) is 24.3 Å². The maximum absolute atomic E-state index is 13.3. The van der Waals surface area contributed by atoms with Gasteiger partial charge >= 0.3 is 0 Å². The lowest BCUT2D eigenvalue weighted by Crippen LogP contribution is -2.29. The molecule has 1 aromatic carbocycles. The van der Waals surface area contributed by atoms with E-state index >= 15 is 0 Å². The van der Waals surface area contributed by atoms with E-state index in [-0.39, 0.29) is 12.3 Å². The van der Waals surface area contributed by atoms with Crippen LogP contribution in [0.25, 0.3) is 0 Å². The van der Waals surface area contributed by atoms with Crippen molar-refractivity contribution in [2.75, 3.05) is 18.7 Å². The molecule has 0 bridgehead atoms. The minimum Gasteiger partial charge on any atom is -0.212 e. The maximum Gasteiger partial charge on any atom is 0.214 e. The lowest BCUT2D eigenvalue weighted by atomic mass is 10.2. The average molecular weight is 280 g/mol. The van der Waals surface area contributed by atoms with E-state index in [1.807, 2.05) is 0 Å². The van der Waals surface area contributed by atoms with Crippen molar-refractivity contribution in [3.05, 3.63) is 35.6 Å². The zero-order valence-electron chi connectivity index (χ0n) is 9.57. The van der Waals surface area contributed by atoms with Crippen LogP contribution in [0.4, 0.5) is 4.39 Å². The van der Waals surface area contributed by atoms with Crippen LogP contribution in [0.2, 0.25) is 0 Å². The van der Waals surface area contributed by atoms with Crippen molar-refractivity contribution in [1.29, 1.82) is 0 Å². The molecule has 6 heteroatoms. The summed E-state index contributed by atoms with van der Waals surface area (Å²) in [5.41, 5.74) is 0.365. The third-order valence-electron chi connectivity index (χ3n) is 2.36. The Morgan fingerprint density at radius 1 is 1.35 bits per heavy atom. The summed E-state index contributed by atoms with van der Waals surface area (Å²) in [6.45, 7) is 0.0390. The van der Waals surface area contributed by atoms with E-state index < -0.39 is 15.8 Å². The molecular weight excluding hydrogens is 265 g/mol. The maximum atomic E-state index is 13.3. The molecule has 1 aromatic rings. The highest BCUT2D eigenvalue weighted by atomic mass is 35.5. The minimum atomic E-state index is -3.36. The molecule has 0 atom stereocenters. The average Bonchev–Trinajstić information content (AvgIpc) is 2.29. The smallest absolute Gasteiger partial charge is 0.212 e. The van der Waals surface area contributed by atoms with E-state index in [9.17, 15) is 12.8 Å². The van der Waals surface area contributed by atoms with Gasteiger partial charge in [0.2, 0.25) is 10.0 Å². The van der Waals surface area contributed by atoms with Crippen LogP contribution in [0.3, 0.4) is 0 Å². The Morgan fingerprint density at radius 3 is 2.59 bits per heavy atom. The molecule has 0 saturated heterocycles. The van der Waals surface area contributed by atoms with Gasteiger partial charge in [-0.05, 0) is 12.5 Å². The SMILES string of the molecule is CN(Cc1ccccc1F)S(=O)(=O)CCCCl. The number of sulfonamides is 1. The first kappa shape index (κ1) is 14.4. The largest absolute Gasteiger partial charge is 0.214 e. The first-order chi connectivity index (χ1) is 7.97. The summed E-state index contributed by atoms with van der Waals surface area (Å²) in [5, 5.41) is 0. The summed E-state index contributed by atoms with van der Waals surface area (Å²) in [6, 6.07) is 6.13. The number of rotatable bonds is 6. The van der Waals surface area contributed by atoms with Crippen molar-refractivity contribution < 1.29 is 12.8 Å². The van der Waals surface area contributed by atoms with Crippen LogP contribution >= 0.6 is 11.6 Å². The van der Waals surface area contributed by atoms with Gasteiger partial charge in [-0.15, -0.1) is 11.6 Å². The molecule has 0 unspecified atom stereocenters. The Morgan fingerprint density at radius 2 is 2.00 bits per heavy atom. The molecule has 0 spiro atoms. The highest BCUT2D eigenvalue weighted by molar-refractivity contribution is 7.89. The molecule has 0 heterocycles. The predicted molar refractivity (Wildman–Crippen MR) is 67.0 cm³/mol. The van der Waals surface area contributed by atoms with Crippen molar-refractivity contribution in [2.24, 2.45) is 0 Å². The number of benzene rings is 1. The molecular formula is C11H15ClFNO2S. The zero-order chi connectivity index (χ0) is 12.9. The molecule has 0 amide bonds. The Kier molecular flexibility index (Phi) is 5.36. The van der Waals surface area contributed by atoms with Crippen molar-refractivity contribution in [3.63, 3.8) is 0 Å². The van der Waals surface area contributed by atoms with Crippen molar-refractivity contribution in [1.82, 2.24) is 4.31 Å². The van der Waals surface area contributed by atoms with E-state index in [1.54, 1.807) is 18.2 Å². The summed E-state index contributed by atoms with van der Waals surface area (Å²) < 4.78 is 38.0. The van der Waals surface area contributed by atoms with Crippen LogP contribution in [-0.4, -0.2) is 31.4 Å². The van der Waals surface area contributed by atoms with Gasteiger partial charge in [-0.1, -0.05) is 18.2 Å². The number of halogens is 2. The first-order valence-electron chi connectivity index (χ1n) is 5.21. The van der Waals surface area contributed by atoms with Crippen LogP contribution < -0.4 is 0 Å². The highest BCUT2D eigenvalue weighted by Crippen LogP contribution is 2.12. The molecule has 0 aliphatic carbocycles. The molecule has 0 N–H and O–H groups in total. The van der Waals surface area contributed by atoms with Crippen molar-refractivity contribution in [2.45, 2.75) is 13.0 Å². The number of hydrogen-bond donors (Lipinski definition) is 0. The first-order valence-corrected chi connectivity index (χ1v) is 7.35. The summed E-state index contributed by atoms with van der Waals surface area (Å²) in [4.78, 5) is 0. The third kappa shape index (κ3) is 4.26. The Balaban J connectivity index is 2.72. The van der Waals surface area contributed by atoms with E-state index in [1.165, 1.54) is 13.1 Å². The van der Waals surface area contributed by atoms with Gasteiger partial charge in [-0.3, -0.25) is 0 Å². The Bertz CT molecular complexity index is 464. The fraction of sp³-hybridized carbons (Fsp3) is 0.455. The molecule has 17 heavy (non-hydrogen) atoms. The van der Waals surface area contributed by atoms with Gasteiger partial charge in [0.1, 0.15) is 5.82 Å². The van der Waals surface area contributed by atoms with E-state index in [4.69, 9.17) is 11.6 Å². The second kappa shape index (κ2) is 6.33. The Hall–Kier alpha value is -0.650.